The van der Waals surface area contributed by atoms with Gasteiger partial charge < -0.3 is 15.0 Å². The van der Waals surface area contributed by atoms with Gasteiger partial charge >= 0.3 is 0 Å². The van der Waals surface area contributed by atoms with Gasteiger partial charge in [0, 0.05) is 12.1 Å². The number of nitrogens with zero attached hydrogens (tertiary/aromatic N) is 2. The second kappa shape index (κ2) is 4.57. The lowest BCUT2D eigenvalue weighted by Crippen LogP contribution is -2.53. The van der Waals surface area contributed by atoms with Crippen molar-refractivity contribution in [2.24, 2.45) is 17.8 Å². The molecule has 2 saturated carbocycles. The number of fused-ring (bicyclic) bond motifs is 2. The zero-order valence-corrected chi connectivity index (χ0v) is 13.4. The average molecular weight is 310 g/mol. The van der Waals surface area contributed by atoms with Crippen molar-refractivity contribution < 1.29 is 4.79 Å². The van der Waals surface area contributed by atoms with Crippen LogP contribution in [0.5, 0.6) is 0 Å². The van der Waals surface area contributed by atoms with E-state index in [1.54, 1.807) is 0 Å². The van der Waals surface area contributed by atoms with Gasteiger partial charge in [0.15, 0.2) is 0 Å². The molecule has 0 aromatic carbocycles. The van der Waals surface area contributed by atoms with Gasteiger partial charge in [0.2, 0.25) is 5.91 Å². The standard InChI is InChI=1S/C18H22N4O/c1-11-4-2-7-22-14(11)10-20-17(22)18(5-3-6-18)21-16(23)15-12-8-19-9-13(12)15/h2,4,7,10,12-13,15,19H,3,5-6,8-9H2,1H3,(H,21,23)/t12-,13+,15+. The molecule has 1 amide bonds. The van der Waals surface area contributed by atoms with Gasteiger partial charge in [0.1, 0.15) is 5.82 Å². The fourth-order valence-electron chi connectivity index (χ4n) is 4.58. The van der Waals surface area contributed by atoms with Crippen molar-refractivity contribution >= 4 is 11.4 Å². The van der Waals surface area contributed by atoms with Crippen molar-refractivity contribution in [3.05, 3.63) is 35.9 Å². The van der Waals surface area contributed by atoms with Gasteiger partial charge in [-0.3, -0.25) is 4.79 Å². The number of piperidine rings is 1. The molecule has 3 fully saturated rings. The van der Waals surface area contributed by atoms with Crippen LogP contribution in [0.4, 0.5) is 0 Å². The molecule has 1 saturated heterocycles. The quantitative estimate of drug-likeness (QED) is 0.905. The number of aryl methyl sites for hydroxylation is 1. The normalized spacial score (nSPS) is 30.7. The molecule has 0 spiro atoms. The van der Waals surface area contributed by atoms with Crippen molar-refractivity contribution in [2.75, 3.05) is 13.1 Å². The van der Waals surface area contributed by atoms with E-state index in [0.29, 0.717) is 11.8 Å². The minimum atomic E-state index is -0.262. The summed E-state index contributed by atoms with van der Waals surface area (Å²) in [6, 6.07) is 4.16. The Bertz CT molecular complexity index is 781. The number of rotatable bonds is 3. The summed E-state index contributed by atoms with van der Waals surface area (Å²) in [5, 5.41) is 6.74. The Hall–Kier alpha value is -1.88. The zero-order chi connectivity index (χ0) is 15.6. The van der Waals surface area contributed by atoms with E-state index in [4.69, 9.17) is 4.98 Å². The van der Waals surface area contributed by atoms with Crippen LogP contribution in [0.1, 0.15) is 30.7 Å². The van der Waals surface area contributed by atoms with E-state index >= 15 is 0 Å². The number of aromatic nitrogens is 2. The molecule has 2 N–H and O–H groups in total. The summed E-state index contributed by atoms with van der Waals surface area (Å²) in [5.41, 5.74) is 2.09. The summed E-state index contributed by atoms with van der Waals surface area (Å²) in [4.78, 5) is 17.4. The van der Waals surface area contributed by atoms with Gasteiger partial charge in [-0.25, -0.2) is 4.98 Å². The highest BCUT2D eigenvalue weighted by molar-refractivity contribution is 5.83. The van der Waals surface area contributed by atoms with Gasteiger partial charge in [0.05, 0.1) is 17.3 Å². The molecule has 5 nitrogen and oxygen atoms in total. The lowest BCUT2D eigenvalue weighted by molar-refractivity contribution is -0.126. The Kier molecular flexibility index (Phi) is 2.69. The molecule has 3 aliphatic rings. The molecule has 5 rings (SSSR count). The Balaban J connectivity index is 1.46. The first-order valence-corrected chi connectivity index (χ1v) is 8.65. The Morgan fingerprint density at radius 1 is 1.39 bits per heavy atom. The summed E-state index contributed by atoms with van der Waals surface area (Å²) >= 11 is 0. The summed E-state index contributed by atoms with van der Waals surface area (Å²) in [5.74, 6) is 2.59. The van der Waals surface area contributed by atoms with Crippen LogP contribution < -0.4 is 10.6 Å². The minimum Gasteiger partial charge on any atom is -0.343 e. The molecule has 0 radical (unpaired) electrons. The van der Waals surface area contributed by atoms with Gasteiger partial charge in [-0.2, -0.15) is 0 Å². The Morgan fingerprint density at radius 3 is 2.87 bits per heavy atom. The highest BCUT2D eigenvalue weighted by Gasteiger charge is 2.58. The number of imidazole rings is 1. The van der Waals surface area contributed by atoms with E-state index in [1.807, 2.05) is 6.20 Å². The highest BCUT2D eigenvalue weighted by Crippen LogP contribution is 2.50. The van der Waals surface area contributed by atoms with Crippen molar-refractivity contribution in [3.8, 4) is 0 Å². The molecule has 3 heterocycles. The number of nitrogens with one attached hydrogen (secondary N) is 2. The Labute approximate surface area is 135 Å². The Morgan fingerprint density at radius 2 is 2.17 bits per heavy atom. The molecule has 1 aliphatic heterocycles. The highest BCUT2D eigenvalue weighted by atomic mass is 16.2. The molecule has 2 aromatic rings. The van der Waals surface area contributed by atoms with E-state index < -0.39 is 0 Å². The molecule has 0 unspecified atom stereocenters. The van der Waals surface area contributed by atoms with Crippen molar-refractivity contribution in [3.63, 3.8) is 0 Å². The van der Waals surface area contributed by atoms with Crippen LogP contribution in [0.3, 0.4) is 0 Å². The van der Waals surface area contributed by atoms with Crippen LogP contribution >= 0.6 is 0 Å². The van der Waals surface area contributed by atoms with Crippen molar-refractivity contribution in [1.82, 2.24) is 20.0 Å². The number of amides is 1. The smallest absolute Gasteiger partial charge is 0.224 e. The first-order chi connectivity index (χ1) is 11.2. The third-order valence-corrected chi connectivity index (χ3v) is 6.17. The molecular formula is C18H22N4O. The maximum Gasteiger partial charge on any atom is 0.224 e. The molecular weight excluding hydrogens is 288 g/mol. The van der Waals surface area contributed by atoms with E-state index in [2.05, 4.69) is 40.3 Å². The van der Waals surface area contributed by atoms with Crippen LogP contribution in [0.15, 0.2) is 24.5 Å². The number of pyridine rings is 1. The third-order valence-electron chi connectivity index (χ3n) is 6.17. The van der Waals surface area contributed by atoms with Gasteiger partial charge in [-0.05, 0) is 62.7 Å². The monoisotopic (exact) mass is 310 g/mol. The molecule has 2 aromatic heterocycles. The van der Waals surface area contributed by atoms with E-state index in [-0.39, 0.29) is 17.4 Å². The molecule has 2 aliphatic carbocycles. The largest absolute Gasteiger partial charge is 0.343 e. The van der Waals surface area contributed by atoms with Gasteiger partial charge in [-0.1, -0.05) is 6.07 Å². The topological polar surface area (TPSA) is 58.4 Å². The first-order valence-electron chi connectivity index (χ1n) is 8.65. The summed E-state index contributed by atoms with van der Waals surface area (Å²) < 4.78 is 2.16. The number of carbonyl (C=O) groups excluding carboxylic acids is 1. The maximum atomic E-state index is 12.7. The zero-order valence-electron chi connectivity index (χ0n) is 13.4. The van der Waals surface area contributed by atoms with Crippen LogP contribution in [-0.4, -0.2) is 28.4 Å². The molecule has 3 atom stereocenters. The average Bonchev–Trinajstić information content (AvgIpc) is 2.89. The summed E-state index contributed by atoms with van der Waals surface area (Å²) in [6.07, 6.45) is 7.14. The predicted molar refractivity (Wildman–Crippen MR) is 86.9 cm³/mol. The van der Waals surface area contributed by atoms with Crippen molar-refractivity contribution in [2.45, 2.75) is 31.7 Å². The van der Waals surface area contributed by atoms with Crippen LogP contribution in [0, 0.1) is 24.7 Å². The minimum absolute atomic E-state index is 0.224. The molecule has 23 heavy (non-hydrogen) atoms. The second-order valence-corrected chi connectivity index (χ2v) is 7.46. The lowest BCUT2D eigenvalue weighted by atomic mass is 9.75. The van der Waals surface area contributed by atoms with Gasteiger partial charge in [0.25, 0.3) is 0 Å². The lowest BCUT2D eigenvalue weighted by Gasteiger charge is -2.41. The number of hydrogen-bond acceptors (Lipinski definition) is 3. The van der Waals surface area contributed by atoms with Crippen LogP contribution in [-0.2, 0) is 10.3 Å². The molecule has 120 valence electrons. The van der Waals surface area contributed by atoms with E-state index in [1.165, 1.54) is 5.56 Å². The predicted octanol–water partition coefficient (Wildman–Crippen LogP) is 1.60. The maximum absolute atomic E-state index is 12.7. The fraction of sp³-hybridized carbons (Fsp3) is 0.556. The first kappa shape index (κ1) is 13.5. The molecule has 5 heteroatoms. The molecule has 0 bridgehead atoms. The van der Waals surface area contributed by atoms with Gasteiger partial charge in [-0.15, -0.1) is 0 Å². The van der Waals surface area contributed by atoms with Crippen molar-refractivity contribution in [1.29, 1.82) is 0 Å². The third kappa shape index (κ3) is 1.83. The second-order valence-electron chi connectivity index (χ2n) is 7.46. The number of hydrogen-bond donors (Lipinski definition) is 2. The van der Waals surface area contributed by atoms with E-state index in [9.17, 15) is 4.79 Å². The summed E-state index contributed by atoms with van der Waals surface area (Å²) in [6.45, 7) is 4.10. The SMILES string of the molecule is Cc1cccn2c(C3(NC(=O)[C@H]4[C@@H]5CNC[C@@H]54)CCC3)ncc12. The summed E-state index contributed by atoms with van der Waals surface area (Å²) in [7, 11) is 0. The number of carbonyl (C=O) groups is 1. The van der Waals surface area contributed by atoms with Crippen LogP contribution in [0.2, 0.25) is 0 Å². The fourth-order valence-corrected chi connectivity index (χ4v) is 4.58. The van der Waals surface area contributed by atoms with Crippen LogP contribution in [0.25, 0.3) is 5.52 Å². The van der Waals surface area contributed by atoms with E-state index in [0.717, 1.165) is 43.7 Å².